The fourth-order valence-corrected chi connectivity index (χ4v) is 4.13. The van der Waals surface area contributed by atoms with Gasteiger partial charge in [-0.05, 0) is 36.8 Å². The van der Waals surface area contributed by atoms with Gasteiger partial charge in [-0.2, -0.15) is 4.98 Å². The number of carbonyl (C=O) groups is 1. The number of rotatable bonds is 7. The van der Waals surface area contributed by atoms with E-state index in [1.165, 1.54) is 10.4 Å². The van der Waals surface area contributed by atoms with Crippen LogP contribution in [0.1, 0.15) is 40.9 Å². The van der Waals surface area contributed by atoms with Gasteiger partial charge in [0.1, 0.15) is 0 Å². The maximum Gasteiger partial charge on any atom is 0.232 e. The van der Waals surface area contributed by atoms with E-state index < -0.39 is 0 Å². The molecule has 1 amide bonds. The number of aryl methyl sites for hydroxylation is 1. The van der Waals surface area contributed by atoms with E-state index in [4.69, 9.17) is 4.52 Å². The molecule has 25 heavy (non-hydrogen) atoms. The molecule has 0 bridgehead atoms. The summed E-state index contributed by atoms with van der Waals surface area (Å²) < 4.78 is 5.44. The Balaban J connectivity index is 1.23. The minimum absolute atomic E-state index is 0.252. The molecule has 4 rings (SSSR count). The maximum atomic E-state index is 11.9. The van der Waals surface area contributed by atoms with Gasteiger partial charge in [-0.25, -0.2) is 0 Å². The molecule has 134 valence electrons. The SMILES string of the molecule is Cc1ccsc1CN1CC(c2nc(CCN(C)C(=O)C3CC3)no2)C1. The third-order valence-electron chi connectivity index (χ3n) is 5.10. The van der Waals surface area contributed by atoms with Crippen molar-refractivity contribution in [3.8, 4) is 0 Å². The molecule has 2 aromatic rings. The van der Waals surface area contributed by atoms with Crippen molar-refractivity contribution in [1.29, 1.82) is 0 Å². The number of hydrogen-bond acceptors (Lipinski definition) is 6. The molecule has 0 N–H and O–H groups in total. The van der Waals surface area contributed by atoms with E-state index in [0.29, 0.717) is 24.7 Å². The molecule has 2 aliphatic rings. The lowest BCUT2D eigenvalue weighted by Crippen LogP contribution is -2.44. The zero-order valence-corrected chi connectivity index (χ0v) is 15.6. The molecule has 0 atom stereocenters. The first-order chi connectivity index (χ1) is 12.1. The van der Waals surface area contributed by atoms with Gasteiger partial charge in [0.05, 0.1) is 5.92 Å². The minimum Gasteiger partial charge on any atom is -0.345 e. The minimum atomic E-state index is 0.252. The summed E-state index contributed by atoms with van der Waals surface area (Å²) in [5.74, 6) is 2.30. The lowest BCUT2D eigenvalue weighted by Gasteiger charge is -2.36. The van der Waals surface area contributed by atoms with Gasteiger partial charge < -0.3 is 9.42 Å². The molecule has 0 aromatic carbocycles. The van der Waals surface area contributed by atoms with Crippen LogP contribution in [0, 0.1) is 12.8 Å². The van der Waals surface area contributed by atoms with Crippen molar-refractivity contribution in [2.75, 3.05) is 26.7 Å². The smallest absolute Gasteiger partial charge is 0.232 e. The van der Waals surface area contributed by atoms with Crippen molar-refractivity contribution in [3.05, 3.63) is 33.6 Å². The maximum absolute atomic E-state index is 11.9. The number of aromatic nitrogens is 2. The summed E-state index contributed by atoms with van der Waals surface area (Å²) in [4.78, 5) is 22.1. The topological polar surface area (TPSA) is 62.5 Å². The summed E-state index contributed by atoms with van der Waals surface area (Å²) in [6, 6.07) is 2.17. The molecule has 0 unspecified atom stereocenters. The van der Waals surface area contributed by atoms with Crippen molar-refractivity contribution in [1.82, 2.24) is 19.9 Å². The number of hydrogen-bond donors (Lipinski definition) is 0. The normalized spacial score (nSPS) is 18.3. The van der Waals surface area contributed by atoms with Gasteiger partial charge in [0.2, 0.25) is 11.8 Å². The van der Waals surface area contributed by atoms with Crippen molar-refractivity contribution < 1.29 is 9.32 Å². The van der Waals surface area contributed by atoms with E-state index in [2.05, 4.69) is 33.4 Å². The first-order valence-electron chi connectivity index (χ1n) is 8.93. The Morgan fingerprint density at radius 3 is 2.92 bits per heavy atom. The second kappa shape index (κ2) is 6.88. The van der Waals surface area contributed by atoms with E-state index in [-0.39, 0.29) is 11.8 Å². The monoisotopic (exact) mass is 360 g/mol. The van der Waals surface area contributed by atoms with E-state index in [1.54, 1.807) is 4.90 Å². The Kier molecular flexibility index (Phi) is 4.60. The molecule has 7 heteroatoms. The zero-order chi connectivity index (χ0) is 17.4. The van der Waals surface area contributed by atoms with E-state index in [1.807, 2.05) is 18.4 Å². The first-order valence-corrected chi connectivity index (χ1v) is 9.81. The molecule has 1 aliphatic heterocycles. The standard InChI is InChI=1S/C18H24N4O2S/c1-12-6-8-25-15(12)11-22-9-14(10-22)17-19-16(20-24-17)5-7-21(2)18(23)13-3-4-13/h6,8,13-14H,3-5,7,9-11H2,1-2H3. The van der Waals surface area contributed by atoms with Gasteiger partial charge >= 0.3 is 0 Å². The Morgan fingerprint density at radius 1 is 1.44 bits per heavy atom. The lowest BCUT2D eigenvalue weighted by atomic mass is 10.00. The summed E-state index contributed by atoms with van der Waals surface area (Å²) >= 11 is 1.82. The molecule has 0 spiro atoms. The van der Waals surface area contributed by atoms with Crippen LogP contribution in [-0.4, -0.2) is 52.5 Å². The molecule has 2 fully saturated rings. The predicted octanol–water partition coefficient (Wildman–Crippen LogP) is 2.45. The number of nitrogens with zero attached hydrogens (tertiary/aromatic N) is 4. The summed E-state index contributed by atoms with van der Waals surface area (Å²) in [6.45, 7) is 5.77. The molecular weight excluding hydrogens is 336 g/mol. The van der Waals surface area contributed by atoms with Crippen LogP contribution in [0.15, 0.2) is 16.0 Å². The highest BCUT2D eigenvalue weighted by Gasteiger charge is 2.33. The molecular formula is C18H24N4O2S. The van der Waals surface area contributed by atoms with Crippen molar-refractivity contribution in [3.63, 3.8) is 0 Å². The average Bonchev–Trinajstić information content (AvgIpc) is 3.18. The fraction of sp³-hybridized carbons (Fsp3) is 0.611. The van der Waals surface area contributed by atoms with Crippen LogP contribution in [0.5, 0.6) is 0 Å². The van der Waals surface area contributed by atoms with Gasteiger partial charge in [-0.15, -0.1) is 11.3 Å². The molecule has 3 heterocycles. The van der Waals surface area contributed by atoms with Crippen LogP contribution in [-0.2, 0) is 17.8 Å². The number of thiophene rings is 1. The molecule has 1 saturated heterocycles. The third-order valence-corrected chi connectivity index (χ3v) is 6.11. The molecule has 1 saturated carbocycles. The average molecular weight is 360 g/mol. The highest BCUT2D eigenvalue weighted by molar-refractivity contribution is 7.10. The van der Waals surface area contributed by atoms with Crippen molar-refractivity contribution >= 4 is 17.2 Å². The largest absolute Gasteiger partial charge is 0.345 e. The van der Waals surface area contributed by atoms with Crippen LogP contribution in [0.4, 0.5) is 0 Å². The molecule has 2 aromatic heterocycles. The highest BCUT2D eigenvalue weighted by atomic mass is 32.1. The highest BCUT2D eigenvalue weighted by Crippen LogP contribution is 2.31. The molecule has 6 nitrogen and oxygen atoms in total. The third kappa shape index (κ3) is 3.77. The summed E-state index contributed by atoms with van der Waals surface area (Å²) in [6.07, 6.45) is 2.74. The van der Waals surface area contributed by atoms with Crippen LogP contribution < -0.4 is 0 Å². The lowest BCUT2D eigenvalue weighted by molar-refractivity contribution is -0.131. The fourth-order valence-electron chi connectivity index (χ4n) is 3.18. The summed E-state index contributed by atoms with van der Waals surface area (Å²) in [5, 5.41) is 6.24. The van der Waals surface area contributed by atoms with Gasteiger partial charge in [0.15, 0.2) is 5.82 Å². The van der Waals surface area contributed by atoms with Gasteiger partial charge in [0, 0.05) is 50.4 Å². The van der Waals surface area contributed by atoms with E-state index in [0.717, 1.165) is 38.4 Å². The van der Waals surface area contributed by atoms with Crippen molar-refractivity contribution in [2.24, 2.45) is 5.92 Å². The number of carbonyl (C=O) groups excluding carboxylic acids is 1. The quantitative estimate of drug-likeness (QED) is 0.759. The summed E-state index contributed by atoms with van der Waals surface area (Å²) in [5.41, 5.74) is 1.37. The van der Waals surface area contributed by atoms with E-state index in [9.17, 15) is 4.79 Å². The first kappa shape index (κ1) is 16.7. The number of likely N-dealkylation sites (tertiary alicyclic amines) is 1. The van der Waals surface area contributed by atoms with Gasteiger partial charge in [0.25, 0.3) is 0 Å². The van der Waals surface area contributed by atoms with Crippen LogP contribution in [0.25, 0.3) is 0 Å². The Hall–Kier alpha value is -1.73. The summed E-state index contributed by atoms with van der Waals surface area (Å²) in [7, 11) is 1.86. The van der Waals surface area contributed by atoms with Crippen LogP contribution in [0.3, 0.4) is 0 Å². The second-order valence-electron chi connectivity index (χ2n) is 7.25. The Morgan fingerprint density at radius 2 is 2.24 bits per heavy atom. The number of amides is 1. The number of likely N-dealkylation sites (N-methyl/N-ethyl adjacent to an activating group) is 1. The van der Waals surface area contributed by atoms with Gasteiger partial charge in [-0.3, -0.25) is 9.69 Å². The second-order valence-corrected chi connectivity index (χ2v) is 8.25. The predicted molar refractivity (Wildman–Crippen MR) is 95.4 cm³/mol. The van der Waals surface area contributed by atoms with Crippen molar-refractivity contribution in [2.45, 2.75) is 38.6 Å². The Bertz CT molecular complexity index is 746. The molecule has 1 aliphatic carbocycles. The van der Waals surface area contributed by atoms with E-state index >= 15 is 0 Å². The zero-order valence-electron chi connectivity index (χ0n) is 14.8. The van der Waals surface area contributed by atoms with Crippen LogP contribution in [0.2, 0.25) is 0 Å². The van der Waals surface area contributed by atoms with Crippen LogP contribution >= 0.6 is 11.3 Å². The molecule has 0 radical (unpaired) electrons. The van der Waals surface area contributed by atoms with Gasteiger partial charge in [-0.1, -0.05) is 5.16 Å². The Labute approximate surface area is 151 Å².